The van der Waals surface area contributed by atoms with E-state index < -0.39 is 47.7 Å². The number of imidazole rings is 1. The molecule has 2 aromatic heterocycles. The van der Waals surface area contributed by atoms with Crippen molar-refractivity contribution in [1.82, 2.24) is 40.3 Å². The Labute approximate surface area is 370 Å². The van der Waals surface area contributed by atoms with E-state index in [1.54, 1.807) is 16.0 Å². The fourth-order valence-corrected chi connectivity index (χ4v) is 8.28. The quantitative estimate of drug-likeness (QED) is 0.0800. The number of nitrogens with zero attached hydrogens (tertiary/aromatic N) is 5. The number of methoxy groups -OCH3 is 1. The number of nitrogens with one attached hydrogen (secondary N) is 3. The van der Waals surface area contributed by atoms with Gasteiger partial charge in [0, 0.05) is 37.9 Å². The van der Waals surface area contributed by atoms with Crippen LogP contribution in [-0.2, 0) is 40.8 Å². The number of carbonyl (C=O) groups is 4. The van der Waals surface area contributed by atoms with Gasteiger partial charge in [0.25, 0.3) is 0 Å². The first kappa shape index (κ1) is 46.2. The summed E-state index contributed by atoms with van der Waals surface area (Å²) in [5.41, 5.74) is 4.66. The average Bonchev–Trinajstić information content (AvgIpc) is 3.79. The first-order valence-corrected chi connectivity index (χ1v) is 21.8. The average molecular weight is 859 g/mol. The summed E-state index contributed by atoms with van der Waals surface area (Å²) in [5.74, 6) is -0.215. The number of hydrogen-bond acceptors (Lipinski definition) is 8. The molecule has 0 spiro atoms. The first-order chi connectivity index (χ1) is 30.2. The van der Waals surface area contributed by atoms with Gasteiger partial charge < -0.3 is 40.2 Å². The zero-order valence-corrected chi connectivity index (χ0v) is 37.5. The molecule has 4 N–H and O–H groups in total. The monoisotopic (exact) mass is 858 g/mol. The molecule has 6 unspecified atom stereocenters. The molecule has 5 amide bonds. The highest BCUT2D eigenvalue weighted by atomic mass is 16.5. The second-order valence-electron chi connectivity index (χ2n) is 17.7. The van der Waals surface area contributed by atoms with E-state index >= 15 is 0 Å². The number of para-hydroxylation sites is 2. The number of carbonyl (C=O) groups excluding carboxylic acids is 4. The number of aliphatic hydroxyl groups is 1. The number of urea groups is 1. The Hall–Kier alpha value is -6.28. The van der Waals surface area contributed by atoms with E-state index in [1.165, 1.54) is 7.11 Å². The summed E-state index contributed by atoms with van der Waals surface area (Å²) in [7, 11) is 3.18. The maximum absolute atomic E-state index is 14.7. The predicted octanol–water partition coefficient (Wildman–Crippen LogP) is 6.26. The van der Waals surface area contributed by atoms with Crippen LogP contribution in [0.2, 0.25) is 0 Å². The molecule has 3 aromatic carbocycles. The van der Waals surface area contributed by atoms with Crippen LogP contribution in [0, 0.1) is 11.3 Å². The van der Waals surface area contributed by atoms with Crippen LogP contribution in [0.15, 0.2) is 103 Å². The molecule has 6 rings (SSSR count). The molecule has 1 fully saturated rings. The largest absolute Gasteiger partial charge is 0.453 e. The molecule has 5 aromatic rings. The third-order valence-electron chi connectivity index (χ3n) is 12.1. The molecular formula is C49H62N8O6. The van der Waals surface area contributed by atoms with Crippen molar-refractivity contribution in [2.24, 2.45) is 18.4 Å². The van der Waals surface area contributed by atoms with E-state index in [2.05, 4.69) is 20.9 Å². The molecular weight excluding hydrogens is 797 g/mol. The summed E-state index contributed by atoms with van der Waals surface area (Å²) < 4.78 is 6.84. The number of hydrogen-bond donors (Lipinski definition) is 4. The number of amides is 5. The maximum atomic E-state index is 14.7. The summed E-state index contributed by atoms with van der Waals surface area (Å²) in [6.45, 7) is 10.6. The van der Waals surface area contributed by atoms with Gasteiger partial charge in [-0.2, -0.15) is 0 Å². The predicted molar refractivity (Wildman–Crippen MR) is 243 cm³/mol. The van der Waals surface area contributed by atoms with Crippen molar-refractivity contribution in [2.75, 3.05) is 20.2 Å². The van der Waals surface area contributed by atoms with Crippen LogP contribution in [0.3, 0.4) is 0 Å². The Balaban J connectivity index is 1.25. The summed E-state index contributed by atoms with van der Waals surface area (Å²) >= 11 is 0. The zero-order chi connectivity index (χ0) is 45.3. The van der Waals surface area contributed by atoms with Crippen molar-refractivity contribution < 1.29 is 29.0 Å². The number of fused-ring (bicyclic) bond motifs is 1. The minimum absolute atomic E-state index is 0.0717. The van der Waals surface area contributed by atoms with Crippen molar-refractivity contribution >= 4 is 35.0 Å². The lowest BCUT2D eigenvalue weighted by Gasteiger charge is -2.35. The number of rotatable bonds is 18. The van der Waals surface area contributed by atoms with Crippen molar-refractivity contribution in [3.8, 4) is 11.3 Å². The van der Waals surface area contributed by atoms with Gasteiger partial charge in [-0.25, -0.2) is 14.6 Å². The molecule has 14 nitrogen and oxygen atoms in total. The highest BCUT2D eigenvalue weighted by Crippen LogP contribution is 2.26. The number of aliphatic hydroxyl groups excluding tert-OH is 1. The molecule has 0 aliphatic carbocycles. The topological polar surface area (TPSA) is 171 Å². The molecule has 14 heteroatoms. The Morgan fingerprint density at radius 1 is 0.841 bits per heavy atom. The van der Waals surface area contributed by atoms with Crippen molar-refractivity contribution in [2.45, 2.75) is 97.1 Å². The fourth-order valence-electron chi connectivity index (χ4n) is 8.28. The second kappa shape index (κ2) is 20.7. The SMILES string of the molecule is CCC(C)C(C(=O)NC(Cc1ccccc1)CC(O)C(Cc1ccc(-c2ccccn2)cc1)NC(=O)C(NC(=O)OC)C(C)(C)C)N1CCN(Cc2nc3ccccc3n2C)C1=O. The highest BCUT2D eigenvalue weighted by Gasteiger charge is 2.41. The number of benzene rings is 3. The number of alkyl carbamates (subject to hydrolysis) is 1. The molecule has 63 heavy (non-hydrogen) atoms. The molecule has 1 aliphatic heterocycles. The lowest BCUT2D eigenvalue weighted by Crippen LogP contribution is -2.58. The Morgan fingerprint density at radius 2 is 1.52 bits per heavy atom. The molecule has 0 saturated carbocycles. The molecule has 0 bridgehead atoms. The maximum Gasteiger partial charge on any atom is 0.407 e. The lowest BCUT2D eigenvalue weighted by atomic mass is 9.85. The number of aromatic nitrogens is 3. The van der Waals surface area contributed by atoms with E-state index in [-0.39, 0.29) is 30.7 Å². The van der Waals surface area contributed by atoms with E-state index in [4.69, 9.17) is 9.72 Å². The van der Waals surface area contributed by atoms with Gasteiger partial charge >= 0.3 is 12.1 Å². The smallest absolute Gasteiger partial charge is 0.407 e. The molecule has 1 saturated heterocycles. The van der Waals surface area contributed by atoms with Crippen LogP contribution in [0.4, 0.5) is 9.59 Å². The third-order valence-corrected chi connectivity index (χ3v) is 12.1. The standard InChI is InChI=1S/C49H62N8O6/c1-8-32(2)43(57-27-26-56(48(57)62)31-42-52-38-19-12-13-20-40(38)55(42)6)45(59)51-36(28-33-16-10-9-11-17-33)30-41(58)39(53-46(60)44(49(3,4)5)54-47(61)63-7)29-34-21-23-35(24-22-34)37-18-14-15-25-50-37/h9-25,32,36,39,41,43-44,58H,8,26-31H2,1-7H3,(H,51,59)(H,53,60)(H,54,61). The second-order valence-corrected chi connectivity index (χ2v) is 17.7. The zero-order valence-electron chi connectivity index (χ0n) is 37.5. The molecule has 334 valence electrons. The van der Waals surface area contributed by atoms with E-state index in [9.17, 15) is 24.3 Å². The fraction of sp³-hybridized carbons (Fsp3) is 0.429. The van der Waals surface area contributed by atoms with Gasteiger partial charge in [0.1, 0.15) is 17.9 Å². The minimum Gasteiger partial charge on any atom is -0.453 e. The summed E-state index contributed by atoms with van der Waals surface area (Å²) in [6, 6.07) is 27.6. The highest BCUT2D eigenvalue weighted by molar-refractivity contribution is 5.89. The van der Waals surface area contributed by atoms with Crippen molar-refractivity contribution in [3.05, 3.63) is 120 Å². The number of pyridine rings is 1. The third kappa shape index (κ3) is 11.6. The van der Waals surface area contributed by atoms with Gasteiger partial charge in [0.2, 0.25) is 11.8 Å². The van der Waals surface area contributed by atoms with E-state index in [0.29, 0.717) is 32.5 Å². The van der Waals surface area contributed by atoms with Gasteiger partial charge in [-0.05, 0) is 66.0 Å². The number of aryl methyl sites for hydroxylation is 1. The van der Waals surface area contributed by atoms with Crippen LogP contribution in [0.5, 0.6) is 0 Å². The van der Waals surface area contributed by atoms with Gasteiger partial charge in [0.05, 0.1) is 42.5 Å². The van der Waals surface area contributed by atoms with Gasteiger partial charge in [-0.1, -0.05) is 114 Å². The minimum atomic E-state index is -1.16. The van der Waals surface area contributed by atoms with Gasteiger partial charge in [-0.3, -0.25) is 14.6 Å². The van der Waals surface area contributed by atoms with Crippen LogP contribution in [-0.4, -0.2) is 104 Å². The molecule has 6 atom stereocenters. The van der Waals surface area contributed by atoms with Gasteiger partial charge in [-0.15, -0.1) is 0 Å². The summed E-state index contributed by atoms with van der Waals surface area (Å²) in [4.78, 5) is 68.0. The Bertz CT molecular complexity index is 2310. The first-order valence-electron chi connectivity index (χ1n) is 21.8. The Kier molecular flexibility index (Phi) is 15.2. The molecule has 1 aliphatic rings. The van der Waals surface area contributed by atoms with E-state index in [0.717, 1.165) is 39.2 Å². The van der Waals surface area contributed by atoms with Crippen LogP contribution < -0.4 is 16.0 Å². The van der Waals surface area contributed by atoms with Gasteiger partial charge in [0.15, 0.2) is 0 Å². The normalized spacial score (nSPS) is 15.9. The van der Waals surface area contributed by atoms with Crippen molar-refractivity contribution in [3.63, 3.8) is 0 Å². The summed E-state index contributed by atoms with van der Waals surface area (Å²) in [5, 5.41) is 21.2. The summed E-state index contributed by atoms with van der Waals surface area (Å²) in [6.07, 6.45) is 1.18. The van der Waals surface area contributed by atoms with Crippen LogP contribution >= 0.6 is 0 Å². The molecule has 3 heterocycles. The van der Waals surface area contributed by atoms with E-state index in [1.807, 2.05) is 143 Å². The van der Waals surface area contributed by atoms with Crippen molar-refractivity contribution in [1.29, 1.82) is 0 Å². The molecule has 0 radical (unpaired) electrons. The van der Waals surface area contributed by atoms with Crippen LogP contribution in [0.1, 0.15) is 64.4 Å². The number of ether oxygens (including phenoxy) is 1. The Morgan fingerprint density at radius 3 is 2.17 bits per heavy atom. The van der Waals surface area contributed by atoms with Crippen LogP contribution in [0.25, 0.3) is 22.3 Å². The lowest BCUT2D eigenvalue weighted by molar-refractivity contribution is -0.129.